The number of ether oxygens (including phenoxy) is 2. The van der Waals surface area contributed by atoms with Gasteiger partial charge in [0.1, 0.15) is 0 Å². The van der Waals surface area contributed by atoms with Gasteiger partial charge in [-0.1, -0.05) is 0 Å². The van der Waals surface area contributed by atoms with Crippen molar-refractivity contribution in [1.29, 1.82) is 0 Å². The van der Waals surface area contributed by atoms with Crippen LogP contribution >= 0.6 is 0 Å². The van der Waals surface area contributed by atoms with Gasteiger partial charge in [0.25, 0.3) is 0 Å². The molecule has 0 bridgehead atoms. The maximum atomic E-state index is 5.34. The number of nitrogens with one attached hydrogen (secondary N) is 2. The van der Waals surface area contributed by atoms with Crippen molar-refractivity contribution in [3.8, 4) is 11.5 Å². The van der Waals surface area contributed by atoms with Crippen LogP contribution in [0.1, 0.15) is 18.1 Å². The fraction of sp³-hybridized carbons (Fsp3) is 0.368. The first-order valence-corrected chi connectivity index (χ1v) is 8.34. The molecule has 0 aliphatic heterocycles. The molecule has 0 amide bonds. The zero-order valence-corrected chi connectivity index (χ0v) is 15.3. The van der Waals surface area contributed by atoms with Gasteiger partial charge in [0, 0.05) is 37.2 Å². The lowest BCUT2D eigenvalue weighted by molar-refractivity contribution is 0.355. The van der Waals surface area contributed by atoms with Gasteiger partial charge in [-0.25, -0.2) is 0 Å². The summed E-state index contributed by atoms with van der Waals surface area (Å²) in [4.78, 5) is 8.77. The van der Waals surface area contributed by atoms with E-state index in [9.17, 15) is 0 Å². The monoisotopic (exact) mass is 342 g/mol. The van der Waals surface area contributed by atoms with Gasteiger partial charge in [0.15, 0.2) is 17.5 Å². The first kappa shape index (κ1) is 18.6. The predicted molar refractivity (Wildman–Crippen MR) is 102 cm³/mol. The Morgan fingerprint density at radius 2 is 1.96 bits per heavy atom. The number of hydrogen-bond donors (Lipinski definition) is 2. The molecule has 0 fully saturated rings. The number of methoxy groups -OCH3 is 2. The predicted octanol–water partition coefficient (Wildman–Crippen LogP) is 3.03. The van der Waals surface area contributed by atoms with Crippen molar-refractivity contribution >= 4 is 11.6 Å². The molecule has 2 rings (SSSR count). The number of aromatic nitrogens is 1. The molecule has 0 radical (unpaired) electrons. The minimum Gasteiger partial charge on any atom is -0.493 e. The molecule has 6 nitrogen and oxygen atoms in total. The normalized spacial score (nSPS) is 11.1. The largest absolute Gasteiger partial charge is 0.493 e. The minimum atomic E-state index is 0.677. The molecule has 1 aromatic heterocycles. The van der Waals surface area contributed by atoms with Crippen LogP contribution in [-0.4, -0.2) is 38.3 Å². The highest BCUT2D eigenvalue weighted by Crippen LogP contribution is 2.29. The van der Waals surface area contributed by atoms with E-state index in [1.54, 1.807) is 14.2 Å². The van der Waals surface area contributed by atoms with Crippen LogP contribution in [0.2, 0.25) is 0 Å². The van der Waals surface area contributed by atoms with Crippen LogP contribution < -0.4 is 20.1 Å². The van der Waals surface area contributed by atoms with Crippen LogP contribution in [0.5, 0.6) is 11.5 Å². The summed E-state index contributed by atoms with van der Waals surface area (Å²) in [6, 6.07) is 7.73. The SMILES string of the molecule is CCNC(=NCCc1ccncc1C)Nc1ccc(OC)c(OC)c1. The highest BCUT2D eigenvalue weighted by molar-refractivity contribution is 5.93. The Hall–Kier alpha value is -2.76. The van der Waals surface area contributed by atoms with Gasteiger partial charge in [-0.2, -0.15) is 0 Å². The molecule has 1 aromatic carbocycles. The average molecular weight is 342 g/mol. The van der Waals surface area contributed by atoms with Crippen molar-refractivity contribution in [2.24, 2.45) is 4.99 Å². The van der Waals surface area contributed by atoms with E-state index in [-0.39, 0.29) is 0 Å². The number of benzene rings is 1. The molecular weight excluding hydrogens is 316 g/mol. The molecule has 0 saturated carbocycles. The van der Waals surface area contributed by atoms with E-state index < -0.39 is 0 Å². The van der Waals surface area contributed by atoms with Gasteiger partial charge < -0.3 is 20.1 Å². The third-order valence-electron chi connectivity index (χ3n) is 3.78. The topological polar surface area (TPSA) is 67.8 Å². The summed E-state index contributed by atoms with van der Waals surface area (Å²) in [7, 11) is 3.25. The van der Waals surface area contributed by atoms with E-state index in [0.717, 1.165) is 24.6 Å². The Morgan fingerprint density at radius 1 is 1.16 bits per heavy atom. The Morgan fingerprint density at radius 3 is 2.64 bits per heavy atom. The van der Waals surface area contributed by atoms with Crippen LogP contribution in [0.4, 0.5) is 5.69 Å². The second kappa shape index (κ2) is 9.52. The van der Waals surface area contributed by atoms with E-state index in [2.05, 4.69) is 27.5 Å². The third-order valence-corrected chi connectivity index (χ3v) is 3.78. The number of aryl methyl sites for hydroxylation is 1. The molecule has 6 heteroatoms. The van der Waals surface area contributed by atoms with E-state index in [1.165, 1.54) is 11.1 Å². The Balaban J connectivity index is 2.06. The highest BCUT2D eigenvalue weighted by atomic mass is 16.5. The second-order valence-corrected chi connectivity index (χ2v) is 5.51. The molecule has 25 heavy (non-hydrogen) atoms. The number of anilines is 1. The quantitative estimate of drug-likeness (QED) is 0.598. The lowest BCUT2D eigenvalue weighted by Crippen LogP contribution is -2.30. The summed E-state index contributed by atoms with van der Waals surface area (Å²) in [5.74, 6) is 2.11. The Kier molecular flexibility index (Phi) is 7.07. The summed E-state index contributed by atoms with van der Waals surface area (Å²) in [6.45, 7) is 5.58. The molecule has 2 aromatic rings. The first-order valence-electron chi connectivity index (χ1n) is 8.34. The minimum absolute atomic E-state index is 0.677. The summed E-state index contributed by atoms with van der Waals surface area (Å²) in [5.41, 5.74) is 3.34. The summed E-state index contributed by atoms with van der Waals surface area (Å²) in [6.07, 6.45) is 4.57. The summed E-state index contributed by atoms with van der Waals surface area (Å²) in [5, 5.41) is 6.55. The average Bonchev–Trinajstić information content (AvgIpc) is 2.63. The number of nitrogens with zero attached hydrogens (tertiary/aromatic N) is 2. The zero-order chi connectivity index (χ0) is 18.1. The van der Waals surface area contributed by atoms with E-state index in [1.807, 2.05) is 43.6 Å². The maximum Gasteiger partial charge on any atom is 0.195 e. The molecule has 0 aliphatic carbocycles. The third kappa shape index (κ3) is 5.38. The van der Waals surface area contributed by atoms with Gasteiger partial charge in [0.2, 0.25) is 0 Å². The van der Waals surface area contributed by atoms with Crippen molar-refractivity contribution in [2.75, 3.05) is 32.6 Å². The fourth-order valence-electron chi connectivity index (χ4n) is 2.43. The molecule has 1 heterocycles. The Bertz CT molecular complexity index is 716. The van der Waals surface area contributed by atoms with Gasteiger partial charge in [-0.3, -0.25) is 9.98 Å². The standard InChI is InChI=1S/C19H26N4O2/c1-5-21-19(22-11-9-15-8-10-20-13-14(15)2)23-16-6-7-17(24-3)18(12-16)25-4/h6-8,10,12-13H,5,9,11H2,1-4H3,(H2,21,22,23). The molecular formula is C19H26N4O2. The lowest BCUT2D eigenvalue weighted by atomic mass is 10.1. The molecule has 0 aliphatic rings. The van der Waals surface area contributed by atoms with Crippen molar-refractivity contribution in [3.05, 3.63) is 47.8 Å². The first-order chi connectivity index (χ1) is 12.2. The van der Waals surface area contributed by atoms with Crippen LogP contribution in [0.25, 0.3) is 0 Å². The van der Waals surface area contributed by atoms with Crippen molar-refractivity contribution in [2.45, 2.75) is 20.3 Å². The molecule has 2 N–H and O–H groups in total. The van der Waals surface area contributed by atoms with Gasteiger partial charge in [-0.15, -0.1) is 0 Å². The maximum absolute atomic E-state index is 5.34. The highest BCUT2D eigenvalue weighted by Gasteiger charge is 2.06. The number of rotatable bonds is 7. The number of pyridine rings is 1. The van der Waals surface area contributed by atoms with Crippen molar-refractivity contribution in [1.82, 2.24) is 10.3 Å². The summed E-state index contributed by atoms with van der Waals surface area (Å²) >= 11 is 0. The number of guanidine groups is 1. The number of hydrogen-bond acceptors (Lipinski definition) is 4. The molecule has 0 atom stereocenters. The van der Waals surface area contributed by atoms with Gasteiger partial charge in [-0.05, 0) is 49.6 Å². The molecule has 0 saturated heterocycles. The second-order valence-electron chi connectivity index (χ2n) is 5.51. The van der Waals surface area contributed by atoms with E-state index >= 15 is 0 Å². The van der Waals surface area contributed by atoms with E-state index in [4.69, 9.17) is 9.47 Å². The smallest absolute Gasteiger partial charge is 0.195 e. The van der Waals surface area contributed by atoms with Crippen molar-refractivity contribution < 1.29 is 9.47 Å². The zero-order valence-electron chi connectivity index (χ0n) is 15.3. The molecule has 134 valence electrons. The van der Waals surface area contributed by atoms with Crippen LogP contribution in [0.15, 0.2) is 41.7 Å². The van der Waals surface area contributed by atoms with Crippen LogP contribution in [0.3, 0.4) is 0 Å². The molecule has 0 spiro atoms. The van der Waals surface area contributed by atoms with Crippen LogP contribution in [-0.2, 0) is 6.42 Å². The fourth-order valence-corrected chi connectivity index (χ4v) is 2.43. The summed E-state index contributed by atoms with van der Waals surface area (Å²) < 4.78 is 10.6. The lowest BCUT2D eigenvalue weighted by Gasteiger charge is -2.14. The number of aliphatic imine (C=N–C) groups is 1. The van der Waals surface area contributed by atoms with Crippen molar-refractivity contribution in [3.63, 3.8) is 0 Å². The van der Waals surface area contributed by atoms with Gasteiger partial charge >= 0.3 is 0 Å². The van der Waals surface area contributed by atoms with Gasteiger partial charge in [0.05, 0.1) is 14.2 Å². The van der Waals surface area contributed by atoms with Crippen LogP contribution in [0, 0.1) is 6.92 Å². The Labute approximate surface area is 149 Å². The molecule has 0 unspecified atom stereocenters. The van der Waals surface area contributed by atoms with E-state index in [0.29, 0.717) is 18.0 Å².